The molecule has 116 valence electrons. The van der Waals surface area contributed by atoms with Gasteiger partial charge in [-0.2, -0.15) is 0 Å². The fraction of sp³-hybridized carbons (Fsp3) is 0.875. The Kier molecular flexibility index (Phi) is 6.03. The third-order valence-corrected chi connectivity index (χ3v) is 4.59. The molecule has 0 saturated heterocycles. The Morgan fingerprint density at radius 2 is 1.70 bits per heavy atom. The number of rotatable bonds is 6. The zero-order valence-corrected chi connectivity index (χ0v) is 13.3. The first kappa shape index (κ1) is 17.0. The molecule has 0 radical (unpaired) electrons. The lowest BCUT2D eigenvalue weighted by molar-refractivity contribution is -0.141. The summed E-state index contributed by atoms with van der Waals surface area (Å²) in [6, 6.07) is 0.339. The second-order valence-electron chi connectivity index (χ2n) is 7.00. The lowest BCUT2D eigenvalue weighted by Crippen LogP contribution is -2.41. The van der Waals surface area contributed by atoms with Crippen molar-refractivity contribution in [2.75, 3.05) is 7.05 Å². The smallest absolute Gasteiger partial charge is 0.303 e. The van der Waals surface area contributed by atoms with E-state index in [-0.39, 0.29) is 12.3 Å². The first-order chi connectivity index (χ1) is 9.25. The van der Waals surface area contributed by atoms with Gasteiger partial charge in [-0.1, -0.05) is 27.2 Å². The molecule has 1 N–H and O–H groups in total. The van der Waals surface area contributed by atoms with Crippen molar-refractivity contribution in [2.45, 2.75) is 71.8 Å². The Labute approximate surface area is 122 Å². The molecule has 20 heavy (non-hydrogen) atoms. The molecule has 1 saturated carbocycles. The predicted molar refractivity (Wildman–Crippen MR) is 79.5 cm³/mol. The summed E-state index contributed by atoms with van der Waals surface area (Å²) in [7, 11) is 1.87. The van der Waals surface area contributed by atoms with E-state index in [2.05, 4.69) is 6.92 Å². The first-order valence-corrected chi connectivity index (χ1v) is 7.72. The number of carbonyl (C=O) groups is 2. The Morgan fingerprint density at radius 1 is 1.15 bits per heavy atom. The van der Waals surface area contributed by atoms with Gasteiger partial charge >= 0.3 is 5.97 Å². The minimum Gasteiger partial charge on any atom is -0.481 e. The molecule has 0 unspecified atom stereocenters. The molecule has 4 nitrogen and oxygen atoms in total. The summed E-state index contributed by atoms with van der Waals surface area (Å²) in [4.78, 5) is 25.0. The average Bonchev–Trinajstić information content (AvgIpc) is 2.35. The van der Waals surface area contributed by atoms with Crippen LogP contribution in [0.25, 0.3) is 0 Å². The van der Waals surface area contributed by atoms with E-state index in [1.807, 2.05) is 25.8 Å². The lowest BCUT2D eigenvalue weighted by atomic mass is 9.82. The van der Waals surface area contributed by atoms with E-state index in [0.717, 1.165) is 18.8 Å². The van der Waals surface area contributed by atoms with Crippen molar-refractivity contribution in [1.82, 2.24) is 4.90 Å². The molecule has 1 amide bonds. The quantitative estimate of drug-likeness (QED) is 0.813. The van der Waals surface area contributed by atoms with Crippen LogP contribution in [-0.2, 0) is 9.59 Å². The highest BCUT2D eigenvalue weighted by Gasteiger charge is 2.30. The maximum atomic E-state index is 12.3. The van der Waals surface area contributed by atoms with Crippen molar-refractivity contribution in [1.29, 1.82) is 0 Å². The number of carboxylic acids is 1. The van der Waals surface area contributed by atoms with Crippen LogP contribution >= 0.6 is 0 Å². The summed E-state index contributed by atoms with van der Waals surface area (Å²) in [5.41, 5.74) is -0.474. The number of aliphatic carboxylic acids is 1. The van der Waals surface area contributed by atoms with Gasteiger partial charge in [0.2, 0.25) is 5.91 Å². The summed E-state index contributed by atoms with van der Waals surface area (Å²) in [6.45, 7) is 5.93. The van der Waals surface area contributed by atoms with Crippen molar-refractivity contribution in [2.24, 2.45) is 11.3 Å². The number of nitrogens with zero attached hydrogens (tertiary/aromatic N) is 1. The van der Waals surface area contributed by atoms with Crippen LogP contribution in [0.2, 0.25) is 0 Å². The Hall–Kier alpha value is -1.06. The third kappa shape index (κ3) is 5.14. The van der Waals surface area contributed by atoms with Gasteiger partial charge in [-0.15, -0.1) is 0 Å². The van der Waals surface area contributed by atoms with Crippen molar-refractivity contribution < 1.29 is 14.7 Å². The number of hydrogen-bond donors (Lipinski definition) is 1. The van der Waals surface area contributed by atoms with Gasteiger partial charge in [0.1, 0.15) is 0 Å². The van der Waals surface area contributed by atoms with Crippen molar-refractivity contribution in [3.63, 3.8) is 0 Å². The van der Waals surface area contributed by atoms with Crippen LogP contribution in [0.15, 0.2) is 0 Å². The topological polar surface area (TPSA) is 57.6 Å². The molecule has 1 aliphatic rings. The van der Waals surface area contributed by atoms with Crippen LogP contribution in [0, 0.1) is 11.3 Å². The SMILES string of the molecule is CCC1CCC(N(C)C(=O)CC(C)(C)CC(=O)O)CC1. The number of carbonyl (C=O) groups excluding carboxylic acids is 1. The van der Waals surface area contributed by atoms with Crippen LogP contribution in [0.4, 0.5) is 0 Å². The second-order valence-corrected chi connectivity index (χ2v) is 7.00. The van der Waals surface area contributed by atoms with E-state index in [4.69, 9.17) is 5.11 Å². The number of hydrogen-bond acceptors (Lipinski definition) is 2. The maximum Gasteiger partial charge on any atom is 0.303 e. The van der Waals surface area contributed by atoms with Gasteiger partial charge < -0.3 is 10.0 Å². The minimum atomic E-state index is -0.839. The van der Waals surface area contributed by atoms with Gasteiger partial charge in [-0.3, -0.25) is 9.59 Å². The maximum absolute atomic E-state index is 12.3. The molecule has 0 heterocycles. The van der Waals surface area contributed by atoms with Crippen LogP contribution in [0.1, 0.15) is 65.7 Å². The number of amides is 1. The highest BCUT2D eigenvalue weighted by atomic mass is 16.4. The summed E-state index contributed by atoms with van der Waals surface area (Å²) in [6.07, 6.45) is 6.16. The van der Waals surface area contributed by atoms with Crippen molar-refractivity contribution in [3.05, 3.63) is 0 Å². The Morgan fingerprint density at radius 3 is 2.15 bits per heavy atom. The molecule has 0 aromatic rings. The molecule has 1 aliphatic carbocycles. The van der Waals surface area contributed by atoms with Crippen molar-refractivity contribution in [3.8, 4) is 0 Å². The summed E-state index contributed by atoms with van der Waals surface area (Å²) in [5, 5.41) is 8.88. The molecule has 1 fully saturated rings. The van der Waals surface area contributed by atoms with E-state index in [0.29, 0.717) is 12.5 Å². The monoisotopic (exact) mass is 283 g/mol. The minimum absolute atomic E-state index is 0.0369. The average molecular weight is 283 g/mol. The third-order valence-electron chi connectivity index (χ3n) is 4.59. The fourth-order valence-electron chi connectivity index (χ4n) is 3.15. The van der Waals surface area contributed by atoms with Crippen LogP contribution in [0.5, 0.6) is 0 Å². The van der Waals surface area contributed by atoms with E-state index in [1.165, 1.54) is 19.3 Å². The standard InChI is InChI=1S/C16H29NO3/c1-5-12-6-8-13(9-7-12)17(4)14(18)10-16(2,3)11-15(19)20/h12-13H,5-11H2,1-4H3,(H,19,20). The van der Waals surface area contributed by atoms with Gasteiger partial charge in [0.15, 0.2) is 0 Å². The first-order valence-electron chi connectivity index (χ1n) is 7.72. The van der Waals surface area contributed by atoms with E-state index in [1.54, 1.807) is 0 Å². The zero-order chi connectivity index (χ0) is 15.3. The molecule has 4 heteroatoms. The van der Waals surface area contributed by atoms with Gasteiger partial charge in [0, 0.05) is 19.5 Å². The number of carboxylic acid groups (broad SMARTS) is 1. The highest BCUT2D eigenvalue weighted by Crippen LogP contribution is 2.31. The Bertz CT molecular complexity index is 344. The van der Waals surface area contributed by atoms with Crippen LogP contribution < -0.4 is 0 Å². The molecule has 0 aromatic carbocycles. The molecule has 0 aliphatic heterocycles. The molecular weight excluding hydrogens is 254 g/mol. The van der Waals surface area contributed by atoms with Crippen molar-refractivity contribution >= 4 is 11.9 Å². The molecule has 0 bridgehead atoms. The van der Waals surface area contributed by atoms with E-state index in [9.17, 15) is 9.59 Å². The van der Waals surface area contributed by atoms with Gasteiger partial charge in [0.05, 0.1) is 6.42 Å². The summed E-state index contributed by atoms with van der Waals surface area (Å²) < 4.78 is 0. The zero-order valence-electron chi connectivity index (χ0n) is 13.3. The fourth-order valence-corrected chi connectivity index (χ4v) is 3.15. The van der Waals surface area contributed by atoms with Gasteiger partial charge in [-0.25, -0.2) is 0 Å². The summed E-state index contributed by atoms with van der Waals surface area (Å²) >= 11 is 0. The summed E-state index contributed by atoms with van der Waals surface area (Å²) in [5.74, 6) is 0.0586. The van der Waals surface area contributed by atoms with Crippen LogP contribution in [0.3, 0.4) is 0 Å². The molecular formula is C16H29NO3. The second kappa shape index (κ2) is 7.09. The Balaban J connectivity index is 2.49. The normalized spacial score (nSPS) is 23.4. The van der Waals surface area contributed by atoms with E-state index < -0.39 is 11.4 Å². The molecule has 0 aromatic heterocycles. The highest BCUT2D eigenvalue weighted by molar-refractivity contribution is 5.78. The molecule has 0 atom stereocenters. The predicted octanol–water partition coefficient (Wildman–Crippen LogP) is 3.30. The largest absolute Gasteiger partial charge is 0.481 e. The van der Waals surface area contributed by atoms with Gasteiger partial charge in [-0.05, 0) is 37.0 Å². The van der Waals surface area contributed by atoms with Crippen LogP contribution in [-0.4, -0.2) is 35.0 Å². The van der Waals surface area contributed by atoms with Gasteiger partial charge in [0.25, 0.3) is 0 Å². The molecule has 0 spiro atoms. The van der Waals surface area contributed by atoms with E-state index >= 15 is 0 Å². The lowest BCUT2D eigenvalue weighted by Gasteiger charge is -2.36. The molecule has 1 rings (SSSR count).